The molecule has 1 amide bonds. The van der Waals surface area contributed by atoms with Crippen LogP contribution in [0.15, 0.2) is 60.8 Å². The topological polar surface area (TPSA) is 85.9 Å². The minimum atomic E-state index is -4.51. The number of alkyl halides is 3. The van der Waals surface area contributed by atoms with Gasteiger partial charge in [-0.1, -0.05) is 36.4 Å². The van der Waals surface area contributed by atoms with E-state index in [9.17, 15) is 18.0 Å². The third-order valence-electron chi connectivity index (χ3n) is 6.14. The summed E-state index contributed by atoms with van der Waals surface area (Å²) < 4.78 is 40.5. The number of pyridine rings is 1. The summed E-state index contributed by atoms with van der Waals surface area (Å²) in [5, 5.41) is 6.12. The molecule has 0 atom stereocenters. The smallest absolute Gasteiger partial charge is 0.338 e. The maximum atomic E-state index is 13.5. The summed E-state index contributed by atoms with van der Waals surface area (Å²) in [6.07, 6.45) is -2.74. The number of hydrogen-bond donors (Lipinski definition) is 3. The van der Waals surface area contributed by atoms with Gasteiger partial charge in [0.2, 0.25) is 5.91 Å². The minimum absolute atomic E-state index is 0.00671. The minimum Gasteiger partial charge on any atom is -0.338 e. The number of carbonyl (C=O) groups is 1. The number of nitrogens with one attached hydrogen (secondary N) is 3. The summed E-state index contributed by atoms with van der Waals surface area (Å²) in [5.74, 6) is 0.260. The van der Waals surface area contributed by atoms with Crippen LogP contribution < -0.4 is 10.6 Å². The number of carbonyl (C=O) groups excluding carboxylic acids is 1. The molecule has 0 bridgehead atoms. The molecule has 186 valence electrons. The number of hydrogen-bond acceptors (Lipinski definition) is 5. The van der Waals surface area contributed by atoms with Crippen molar-refractivity contribution < 1.29 is 18.0 Å². The summed E-state index contributed by atoms with van der Waals surface area (Å²) in [6.45, 7) is 4.73. The number of rotatable bonds is 6. The predicted molar refractivity (Wildman–Crippen MR) is 131 cm³/mol. The van der Waals surface area contributed by atoms with E-state index in [1.165, 1.54) is 18.2 Å². The Bertz CT molecular complexity index is 1360. The number of benzene rings is 2. The Morgan fingerprint density at radius 3 is 2.58 bits per heavy atom. The fourth-order valence-corrected chi connectivity index (χ4v) is 4.38. The Morgan fingerprint density at radius 1 is 1.03 bits per heavy atom. The highest BCUT2D eigenvalue weighted by Gasteiger charge is 2.34. The first-order valence-corrected chi connectivity index (χ1v) is 11.7. The van der Waals surface area contributed by atoms with Crippen LogP contribution >= 0.6 is 0 Å². The number of para-hydroxylation sites is 1. The average Bonchev–Trinajstić information content (AvgIpc) is 3.31. The van der Waals surface area contributed by atoms with Crippen molar-refractivity contribution in [2.45, 2.75) is 19.1 Å². The normalized spacial score (nSPS) is 14.8. The number of nitrogens with zero attached hydrogens (tertiary/aromatic N) is 3. The maximum Gasteiger partial charge on any atom is 0.417 e. The van der Waals surface area contributed by atoms with E-state index in [4.69, 9.17) is 0 Å². The van der Waals surface area contributed by atoms with Gasteiger partial charge in [-0.25, -0.2) is 9.97 Å². The second-order valence-corrected chi connectivity index (χ2v) is 8.74. The van der Waals surface area contributed by atoms with Gasteiger partial charge in [0.15, 0.2) is 0 Å². The third-order valence-corrected chi connectivity index (χ3v) is 6.14. The van der Waals surface area contributed by atoms with Crippen LogP contribution in [0, 0.1) is 0 Å². The number of amides is 1. The maximum absolute atomic E-state index is 13.5. The molecule has 0 radical (unpaired) electrons. The number of aromatic nitrogens is 3. The molecule has 1 aliphatic rings. The van der Waals surface area contributed by atoms with E-state index in [0.29, 0.717) is 22.4 Å². The number of halogens is 3. The average molecular weight is 495 g/mol. The van der Waals surface area contributed by atoms with Gasteiger partial charge in [-0.2, -0.15) is 13.2 Å². The fraction of sp³-hybridized carbons (Fsp3) is 0.269. The van der Waals surface area contributed by atoms with Gasteiger partial charge < -0.3 is 15.6 Å². The van der Waals surface area contributed by atoms with Crippen molar-refractivity contribution in [1.82, 2.24) is 25.2 Å². The summed E-state index contributed by atoms with van der Waals surface area (Å²) in [5.41, 5.74) is 1.88. The molecule has 36 heavy (non-hydrogen) atoms. The largest absolute Gasteiger partial charge is 0.417 e. The van der Waals surface area contributed by atoms with Gasteiger partial charge in [-0.15, -0.1) is 0 Å². The van der Waals surface area contributed by atoms with Crippen LogP contribution in [0.5, 0.6) is 0 Å². The number of fused-ring (bicyclic) bond motifs is 1. The van der Waals surface area contributed by atoms with Gasteiger partial charge in [-0.3, -0.25) is 9.69 Å². The summed E-state index contributed by atoms with van der Waals surface area (Å²) in [6, 6.07) is 14.2. The third kappa shape index (κ3) is 5.39. The van der Waals surface area contributed by atoms with Crippen LogP contribution in [0.1, 0.15) is 16.7 Å². The molecule has 2 aromatic carbocycles. The highest BCUT2D eigenvalue weighted by molar-refractivity contribution is 5.94. The molecule has 3 N–H and O–H groups in total. The van der Waals surface area contributed by atoms with E-state index >= 15 is 0 Å². The second kappa shape index (κ2) is 10.1. The Morgan fingerprint density at radius 2 is 1.83 bits per heavy atom. The molecule has 1 aliphatic heterocycles. The monoisotopic (exact) mass is 494 g/mol. The number of H-pyrrole nitrogens is 1. The highest BCUT2D eigenvalue weighted by atomic mass is 19.4. The molecule has 1 fully saturated rings. The van der Waals surface area contributed by atoms with Gasteiger partial charge in [0.05, 0.1) is 23.0 Å². The zero-order valence-corrected chi connectivity index (χ0v) is 19.4. The van der Waals surface area contributed by atoms with Crippen LogP contribution in [0.2, 0.25) is 0 Å². The first kappa shape index (κ1) is 24.0. The molecule has 7 nitrogen and oxygen atoms in total. The van der Waals surface area contributed by atoms with E-state index in [1.54, 1.807) is 30.5 Å². The number of piperazine rings is 1. The Balaban J connectivity index is 1.30. The van der Waals surface area contributed by atoms with Gasteiger partial charge >= 0.3 is 6.18 Å². The van der Waals surface area contributed by atoms with Gasteiger partial charge in [0.1, 0.15) is 11.6 Å². The van der Waals surface area contributed by atoms with E-state index in [0.717, 1.165) is 44.4 Å². The van der Waals surface area contributed by atoms with Crippen molar-refractivity contribution >= 4 is 22.8 Å². The standard InChI is InChI=1S/C26H25F3N6O/c27-26(28,29)20-6-2-1-5-19(20)25-32-21-7-3-4-18(24(21)34-25)14-23(36)33-22-9-8-17(15-31-22)16-35-12-10-30-11-13-35/h1-9,15,30H,10-14,16H2,(H,32,34)(H,31,33,36). The molecule has 4 aromatic rings. The van der Waals surface area contributed by atoms with Crippen LogP contribution in [0.3, 0.4) is 0 Å². The van der Waals surface area contributed by atoms with Crippen LogP contribution in [0.25, 0.3) is 22.4 Å². The molecule has 10 heteroatoms. The van der Waals surface area contributed by atoms with Crippen molar-refractivity contribution in [3.05, 3.63) is 77.5 Å². The Labute approximate surface area is 205 Å². The summed E-state index contributed by atoms with van der Waals surface area (Å²) in [7, 11) is 0. The molecule has 0 saturated carbocycles. The van der Waals surface area contributed by atoms with Crippen molar-refractivity contribution in [1.29, 1.82) is 0 Å². The van der Waals surface area contributed by atoms with Gasteiger partial charge in [0.25, 0.3) is 0 Å². The van der Waals surface area contributed by atoms with E-state index in [2.05, 4.69) is 30.5 Å². The zero-order valence-electron chi connectivity index (χ0n) is 19.4. The van der Waals surface area contributed by atoms with Crippen molar-refractivity contribution in [3.63, 3.8) is 0 Å². The molecule has 2 aromatic heterocycles. The number of anilines is 1. The van der Waals surface area contributed by atoms with Crippen LogP contribution in [-0.4, -0.2) is 51.9 Å². The lowest BCUT2D eigenvalue weighted by Crippen LogP contribution is -2.42. The summed E-state index contributed by atoms with van der Waals surface area (Å²) in [4.78, 5) is 26.8. The highest BCUT2D eigenvalue weighted by Crippen LogP contribution is 2.36. The molecule has 5 rings (SSSR count). The molecule has 1 saturated heterocycles. The number of imidazole rings is 1. The first-order valence-electron chi connectivity index (χ1n) is 11.7. The molecule has 0 unspecified atom stereocenters. The SMILES string of the molecule is O=C(Cc1cccc2[nH]c(-c3ccccc3C(F)(F)F)nc12)Nc1ccc(CN2CCNCC2)cn1. The van der Waals surface area contributed by atoms with Gasteiger partial charge in [0, 0.05) is 44.5 Å². The lowest BCUT2D eigenvalue weighted by Gasteiger charge is -2.27. The predicted octanol–water partition coefficient (Wildman–Crippen LogP) is 4.23. The van der Waals surface area contributed by atoms with Crippen LogP contribution in [-0.2, 0) is 23.9 Å². The van der Waals surface area contributed by atoms with E-state index in [1.807, 2.05) is 6.07 Å². The zero-order chi connectivity index (χ0) is 25.1. The lowest BCUT2D eigenvalue weighted by molar-refractivity contribution is -0.137. The van der Waals surface area contributed by atoms with Crippen molar-refractivity contribution in [2.24, 2.45) is 0 Å². The Kier molecular flexibility index (Phi) is 6.71. The van der Waals surface area contributed by atoms with E-state index in [-0.39, 0.29) is 23.7 Å². The molecular formula is C26H25F3N6O. The fourth-order valence-electron chi connectivity index (χ4n) is 4.38. The quantitative estimate of drug-likeness (QED) is 0.374. The molecule has 0 spiro atoms. The van der Waals surface area contributed by atoms with Crippen molar-refractivity contribution in [3.8, 4) is 11.4 Å². The molecular weight excluding hydrogens is 469 g/mol. The van der Waals surface area contributed by atoms with E-state index < -0.39 is 11.7 Å². The molecule has 0 aliphatic carbocycles. The summed E-state index contributed by atoms with van der Waals surface area (Å²) >= 11 is 0. The molecule has 3 heterocycles. The Hall–Kier alpha value is -3.76. The lowest BCUT2D eigenvalue weighted by atomic mass is 10.1. The second-order valence-electron chi connectivity index (χ2n) is 8.74. The number of aromatic amines is 1. The first-order chi connectivity index (χ1) is 17.4. The van der Waals surface area contributed by atoms with Crippen LogP contribution in [0.4, 0.5) is 19.0 Å². The van der Waals surface area contributed by atoms with Gasteiger partial charge in [-0.05, 0) is 29.3 Å². The van der Waals surface area contributed by atoms with Crippen molar-refractivity contribution in [2.75, 3.05) is 31.5 Å².